The number of hydrogen-bond acceptors (Lipinski definition) is 6. The van der Waals surface area contributed by atoms with Crippen molar-refractivity contribution in [3.05, 3.63) is 72.9 Å². The summed E-state index contributed by atoms with van der Waals surface area (Å²) in [5.41, 5.74) is 0. The van der Waals surface area contributed by atoms with E-state index in [9.17, 15) is 14.4 Å². The lowest BCUT2D eigenvalue weighted by molar-refractivity contribution is -0.167. The maximum Gasteiger partial charge on any atom is 0.306 e. The molecule has 57 heavy (non-hydrogen) atoms. The molecule has 0 aromatic heterocycles. The van der Waals surface area contributed by atoms with Gasteiger partial charge in [0.25, 0.3) is 0 Å². The Kier molecular flexibility index (Phi) is 43.0. The van der Waals surface area contributed by atoms with Crippen LogP contribution in [0.4, 0.5) is 0 Å². The number of rotatable bonds is 41. The molecule has 0 radical (unpaired) electrons. The first-order valence-corrected chi connectivity index (χ1v) is 23.5. The lowest BCUT2D eigenvalue weighted by Crippen LogP contribution is -2.30. The highest BCUT2D eigenvalue weighted by molar-refractivity contribution is 5.71. The van der Waals surface area contributed by atoms with Crippen molar-refractivity contribution in [1.29, 1.82) is 0 Å². The van der Waals surface area contributed by atoms with Crippen LogP contribution in [0.2, 0.25) is 0 Å². The number of hydrogen-bond donors (Lipinski definition) is 0. The number of carbonyl (C=O) groups excluding carboxylic acids is 3. The first kappa shape index (κ1) is 53.9. The highest BCUT2D eigenvalue weighted by Gasteiger charge is 2.19. The highest BCUT2D eigenvalue weighted by Crippen LogP contribution is 2.14. The summed E-state index contributed by atoms with van der Waals surface area (Å²) in [7, 11) is 0. The molecule has 1 atom stereocenters. The second-order valence-corrected chi connectivity index (χ2v) is 15.3. The van der Waals surface area contributed by atoms with Gasteiger partial charge in [-0.2, -0.15) is 0 Å². The normalized spacial score (nSPS) is 12.7. The van der Waals surface area contributed by atoms with Gasteiger partial charge in [-0.25, -0.2) is 0 Å². The average molecular weight is 795 g/mol. The van der Waals surface area contributed by atoms with Crippen molar-refractivity contribution in [1.82, 2.24) is 0 Å². The molecule has 326 valence electrons. The third-order valence-electron chi connectivity index (χ3n) is 9.77. The van der Waals surface area contributed by atoms with E-state index in [1.165, 1.54) is 57.8 Å². The molecular weight excluding hydrogens is 709 g/mol. The van der Waals surface area contributed by atoms with Gasteiger partial charge in [0.1, 0.15) is 13.2 Å². The summed E-state index contributed by atoms with van der Waals surface area (Å²) in [5.74, 6) is -0.938. The zero-order valence-electron chi connectivity index (χ0n) is 37.1. The molecule has 0 saturated heterocycles. The molecule has 6 nitrogen and oxygen atoms in total. The molecule has 0 N–H and O–H groups in total. The first-order valence-electron chi connectivity index (χ1n) is 23.5. The summed E-state index contributed by atoms with van der Waals surface area (Å²) in [6, 6.07) is 0. The van der Waals surface area contributed by atoms with Crippen LogP contribution >= 0.6 is 0 Å². The van der Waals surface area contributed by atoms with E-state index in [2.05, 4.69) is 93.7 Å². The minimum atomic E-state index is -0.792. The number of unbranched alkanes of at least 4 members (excludes halogenated alkanes) is 20. The molecule has 1 unspecified atom stereocenters. The molecule has 0 saturated carbocycles. The van der Waals surface area contributed by atoms with Gasteiger partial charge >= 0.3 is 17.9 Å². The topological polar surface area (TPSA) is 78.9 Å². The van der Waals surface area contributed by atoms with Crippen molar-refractivity contribution in [3.8, 4) is 0 Å². The Balaban J connectivity index is 4.45. The molecule has 0 heterocycles. The van der Waals surface area contributed by atoms with Gasteiger partial charge in [0, 0.05) is 19.3 Å². The van der Waals surface area contributed by atoms with Crippen LogP contribution in [-0.2, 0) is 28.6 Å². The lowest BCUT2D eigenvalue weighted by Gasteiger charge is -2.18. The number of carbonyl (C=O) groups is 3. The van der Waals surface area contributed by atoms with Crippen LogP contribution in [-0.4, -0.2) is 37.2 Å². The largest absolute Gasteiger partial charge is 0.462 e. The van der Waals surface area contributed by atoms with E-state index in [4.69, 9.17) is 14.2 Å². The Morgan fingerprint density at radius 3 is 1.26 bits per heavy atom. The van der Waals surface area contributed by atoms with Crippen LogP contribution in [0.3, 0.4) is 0 Å². The minimum absolute atomic E-state index is 0.0904. The summed E-state index contributed by atoms with van der Waals surface area (Å²) in [5, 5.41) is 0. The van der Waals surface area contributed by atoms with Gasteiger partial charge in [0.2, 0.25) is 0 Å². The SMILES string of the molecule is CC\C=C/C=C\C=C/CCCCCCCC(=O)OC(COC(=O)CCCCCC/C=C\C/C=C\C/C=C\CC)COC(=O)CCCCCCCCCCCCCC. The highest BCUT2D eigenvalue weighted by atomic mass is 16.6. The monoisotopic (exact) mass is 795 g/mol. The molecule has 0 fully saturated rings. The quantitative estimate of drug-likeness (QED) is 0.0202. The fourth-order valence-electron chi connectivity index (χ4n) is 6.28. The van der Waals surface area contributed by atoms with E-state index < -0.39 is 6.10 Å². The Labute approximate surface area is 351 Å². The minimum Gasteiger partial charge on any atom is -0.462 e. The molecule has 0 aliphatic carbocycles. The van der Waals surface area contributed by atoms with Gasteiger partial charge in [-0.3, -0.25) is 14.4 Å². The van der Waals surface area contributed by atoms with Crippen molar-refractivity contribution in [2.75, 3.05) is 13.2 Å². The molecule has 0 amide bonds. The van der Waals surface area contributed by atoms with E-state index >= 15 is 0 Å². The molecule has 0 rings (SSSR count). The van der Waals surface area contributed by atoms with Crippen molar-refractivity contribution in [3.63, 3.8) is 0 Å². The van der Waals surface area contributed by atoms with E-state index in [-0.39, 0.29) is 31.1 Å². The standard InChI is InChI=1S/C51H86O6/c1-4-7-10-13-16-19-22-25-27-29-32-35-38-41-44-50(53)56-47-48(46-55-49(52)43-40-37-34-31-28-24-21-18-15-12-9-6-3)57-51(54)45-42-39-36-33-30-26-23-20-17-14-11-8-5-2/h7-8,10-11,14,16-17,19-20,23,25,27,48H,4-6,9,12-13,15,18,21-22,24,26,28-47H2,1-3H3/b10-7-,11-8-,17-14-,19-16-,23-20-,27-25-. The molecule has 0 spiro atoms. The molecule has 0 bridgehead atoms. The van der Waals surface area contributed by atoms with Gasteiger partial charge in [-0.05, 0) is 70.6 Å². The second kappa shape index (κ2) is 45.6. The predicted octanol–water partition coefficient (Wildman–Crippen LogP) is 15.1. The van der Waals surface area contributed by atoms with Gasteiger partial charge in [0.15, 0.2) is 6.10 Å². The van der Waals surface area contributed by atoms with Crippen molar-refractivity contribution >= 4 is 17.9 Å². The molecule has 0 aliphatic rings. The zero-order valence-corrected chi connectivity index (χ0v) is 37.1. The number of allylic oxidation sites excluding steroid dienone is 12. The third kappa shape index (κ3) is 43.8. The van der Waals surface area contributed by atoms with E-state index in [0.29, 0.717) is 19.3 Å². The summed E-state index contributed by atoms with van der Waals surface area (Å²) in [6.45, 7) is 6.34. The molecule has 6 heteroatoms. The Hall–Kier alpha value is -3.15. The average Bonchev–Trinajstić information content (AvgIpc) is 3.21. The summed E-state index contributed by atoms with van der Waals surface area (Å²) in [4.78, 5) is 37.8. The summed E-state index contributed by atoms with van der Waals surface area (Å²) in [6.07, 6.45) is 55.9. The van der Waals surface area contributed by atoms with E-state index in [0.717, 1.165) is 116 Å². The van der Waals surface area contributed by atoms with Crippen molar-refractivity contribution in [2.45, 2.75) is 219 Å². The van der Waals surface area contributed by atoms with E-state index in [1.807, 2.05) is 0 Å². The van der Waals surface area contributed by atoms with Gasteiger partial charge in [-0.1, -0.05) is 196 Å². The van der Waals surface area contributed by atoms with Crippen LogP contribution in [0, 0.1) is 0 Å². The Morgan fingerprint density at radius 2 is 0.772 bits per heavy atom. The van der Waals surface area contributed by atoms with Gasteiger partial charge in [0.05, 0.1) is 0 Å². The molecular formula is C51H86O6. The van der Waals surface area contributed by atoms with Gasteiger partial charge in [-0.15, -0.1) is 0 Å². The van der Waals surface area contributed by atoms with Gasteiger partial charge < -0.3 is 14.2 Å². The van der Waals surface area contributed by atoms with E-state index in [1.54, 1.807) is 0 Å². The third-order valence-corrected chi connectivity index (χ3v) is 9.77. The van der Waals surface area contributed by atoms with Crippen molar-refractivity contribution in [2.24, 2.45) is 0 Å². The number of ether oxygens (including phenoxy) is 3. The fraction of sp³-hybridized carbons (Fsp3) is 0.706. The van der Waals surface area contributed by atoms with Crippen LogP contribution in [0.1, 0.15) is 213 Å². The number of esters is 3. The fourth-order valence-corrected chi connectivity index (χ4v) is 6.28. The maximum absolute atomic E-state index is 12.7. The summed E-state index contributed by atoms with van der Waals surface area (Å²) >= 11 is 0. The zero-order chi connectivity index (χ0) is 41.5. The smallest absolute Gasteiger partial charge is 0.306 e. The first-order chi connectivity index (χ1) is 28.0. The van der Waals surface area contributed by atoms with Crippen LogP contribution < -0.4 is 0 Å². The van der Waals surface area contributed by atoms with Crippen LogP contribution in [0.5, 0.6) is 0 Å². The molecule has 0 aromatic carbocycles. The van der Waals surface area contributed by atoms with Crippen molar-refractivity contribution < 1.29 is 28.6 Å². The molecule has 0 aromatic rings. The van der Waals surface area contributed by atoms with Crippen LogP contribution in [0.25, 0.3) is 0 Å². The molecule has 0 aliphatic heterocycles. The predicted molar refractivity (Wildman–Crippen MR) is 242 cm³/mol. The summed E-state index contributed by atoms with van der Waals surface area (Å²) < 4.78 is 16.7. The Morgan fingerprint density at radius 1 is 0.386 bits per heavy atom. The second-order valence-electron chi connectivity index (χ2n) is 15.3. The van der Waals surface area contributed by atoms with Crippen LogP contribution in [0.15, 0.2) is 72.9 Å². The lowest BCUT2D eigenvalue weighted by atomic mass is 10.0. The maximum atomic E-state index is 12.7. The Bertz CT molecular complexity index is 1100.